The minimum absolute atomic E-state index is 0.0260. The van der Waals surface area contributed by atoms with Crippen molar-refractivity contribution in [2.24, 2.45) is 0 Å². The van der Waals surface area contributed by atoms with Crippen molar-refractivity contribution in [3.63, 3.8) is 0 Å². The summed E-state index contributed by atoms with van der Waals surface area (Å²) >= 11 is 0. The van der Waals surface area contributed by atoms with Crippen molar-refractivity contribution in [3.05, 3.63) is 53.6 Å². The molecule has 0 aliphatic carbocycles. The van der Waals surface area contributed by atoms with E-state index in [1.165, 1.54) is 11.1 Å². The molecule has 4 heterocycles. The van der Waals surface area contributed by atoms with Crippen LogP contribution in [0.25, 0.3) is 22.1 Å². The van der Waals surface area contributed by atoms with Crippen LogP contribution in [0.1, 0.15) is 51.4 Å². The highest BCUT2D eigenvalue weighted by molar-refractivity contribution is 5.80. The molecule has 26 heavy (non-hydrogen) atoms. The van der Waals surface area contributed by atoms with Gasteiger partial charge in [0.25, 0.3) is 0 Å². The summed E-state index contributed by atoms with van der Waals surface area (Å²) in [6.45, 7) is 11.0. The molecule has 0 amide bonds. The summed E-state index contributed by atoms with van der Waals surface area (Å²) in [5, 5.41) is 7.65. The second-order valence-electron chi connectivity index (χ2n) is 8.72. The van der Waals surface area contributed by atoms with E-state index in [4.69, 9.17) is 4.98 Å². The van der Waals surface area contributed by atoms with E-state index in [2.05, 4.69) is 73.1 Å². The van der Waals surface area contributed by atoms with E-state index in [1.807, 2.05) is 18.5 Å². The lowest BCUT2D eigenvalue weighted by Gasteiger charge is -2.24. The highest BCUT2D eigenvalue weighted by Gasteiger charge is 2.26. The zero-order valence-corrected chi connectivity index (χ0v) is 16.0. The number of hydrogen-bond donors (Lipinski definition) is 2. The molecule has 0 atom stereocenters. The van der Waals surface area contributed by atoms with Crippen LogP contribution >= 0.6 is 0 Å². The number of pyridine rings is 2. The predicted molar refractivity (Wildman–Crippen MR) is 105 cm³/mol. The first-order chi connectivity index (χ1) is 12.3. The molecule has 0 aromatic carbocycles. The number of fused-ring (bicyclic) bond motifs is 2. The van der Waals surface area contributed by atoms with Crippen LogP contribution in [0.3, 0.4) is 0 Å². The van der Waals surface area contributed by atoms with Gasteiger partial charge in [-0.3, -0.25) is 15.1 Å². The molecular weight excluding hydrogens is 322 g/mol. The summed E-state index contributed by atoms with van der Waals surface area (Å²) < 4.78 is 0. The van der Waals surface area contributed by atoms with E-state index in [9.17, 15) is 0 Å². The third-order valence-electron chi connectivity index (χ3n) is 4.98. The Morgan fingerprint density at radius 3 is 2.58 bits per heavy atom. The van der Waals surface area contributed by atoms with Gasteiger partial charge in [-0.1, -0.05) is 34.6 Å². The van der Waals surface area contributed by atoms with Gasteiger partial charge in [0.05, 0.1) is 22.2 Å². The van der Waals surface area contributed by atoms with Gasteiger partial charge in [-0.05, 0) is 35.6 Å². The standard InChI is InChI=1S/C21H25N5/c1-20(2,3)19-18-16(25-26-19)9-13(11-24-18)10-21(4,5)14-12-23-15-7-6-8-22-17(14)15/h6-9,11-12,23H,10H2,1-5H3,(H,25,26). The van der Waals surface area contributed by atoms with Gasteiger partial charge in [0.1, 0.15) is 5.52 Å². The number of aromatic amines is 2. The Hall–Kier alpha value is -2.69. The van der Waals surface area contributed by atoms with E-state index in [0.29, 0.717) is 0 Å². The predicted octanol–water partition coefficient (Wildman–Crippen LogP) is 4.65. The molecule has 0 radical (unpaired) electrons. The summed E-state index contributed by atoms with van der Waals surface area (Å²) in [6, 6.07) is 6.20. The molecule has 0 saturated carbocycles. The highest BCUT2D eigenvalue weighted by Crippen LogP contribution is 2.33. The number of hydrogen-bond acceptors (Lipinski definition) is 3. The Kier molecular flexibility index (Phi) is 3.65. The molecule has 2 N–H and O–H groups in total. The molecular formula is C21H25N5. The fourth-order valence-corrected chi connectivity index (χ4v) is 3.65. The first-order valence-electron chi connectivity index (χ1n) is 9.02. The molecule has 4 aromatic rings. The summed E-state index contributed by atoms with van der Waals surface area (Å²) in [5.41, 5.74) is 7.43. The maximum Gasteiger partial charge on any atom is 0.112 e. The Morgan fingerprint density at radius 2 is 1.81 bits per heavy atom. The van der Waals surface area contributed by atoms with Gasteiger partial charge in [0.2, 0.25) is 0 Å². The third-order valence-corrected chi connectivity index (χ3v) is 4.98. The minimum atomic E-state index is -0.0607. The van der Waals surface area contributed by atoms with Gasteiger partial charge < -0.3 is 4.98 Å². The van der Waals surface area contributed by atoms with Gasteiger partial charge in [-0.25, -0.2) is 0 Å². The van der Waals surface area contributed by atoms with Crippen LogP contribution in [0.4, 0.5) is 0 Å². The first-order valence-corrected chi connectivity index (χ1v) is 9.02. The molecule has 0 saturated heterocycles. The zero-order chi connectivity index (χ0) is 18.5. The SMILES string of the molecule is CC(C)(C)c1n[nH]c2cc(CC(C)(C)c3c[nH]c4cccnc34)cnc12. The Labute approximate surface area is 153 Å². The van der Waals surface area contributed by atoms with E-state index < -0.39 is 0 Å². The molecule has 0 fully saturated rings. The Morgan fingerprint density at radius 1 is 1.00 bits per heavy atom. The van der Waals surface area contributed by atoms with E-state index in [-0.39, 0.29) is 10.8 Å². The van der Waals surface area contributed by atoms with Gasteiger partial charge in [0, 0.05) is 29.6 Å². The van der Waals surface area contributed by atoms with Crippen molar-refractivity contribution < 1.29 is 0 Å². The number of aromatic nitrogens is 5. The number of H-pyrrole nitrogens is 2. The minimum Gasteiger partial charge on any atom is -0.360 e. The van der Waals surface area contributed by atoms with Crippen LogP contribution < -0.4 is 0 Å². The fourth-order valence-electron chi connectivity index (χ4n) is 3.65. The summed E-state index contributed by atoms with van der Waals surface area (Å²) in [6.07, 6.45) is 6.79. The second-order valence-corrected chi connectivity index (χ2v) is 8.72. The van der Waals surface area contributed by atoms with E-state index in [0.717, 1.165) is 34.2 Å². The fraction of sp³-hybridized carbons (Fsp3) is 0.381. The molecule has 0 spiro atoms. The van der Waals surface area contributed by atoms with Crippen LogP contribution in [-0.2, 0) is 17.3 Å². The average molecular weight is 347 g/mol. The van der Waals surface area contributed by atoms with Crippen molar-refractivity contribution in [2.75, 3.05) is 0 Å². The van der Waals surface area contributed by atoms with Crippen molar-refractivity contribution >= 4 is 22.1 Å². The maximum absolute atomic E-state index is 4.72. The topological polar surface area (TPSA) is 70.2 Å². The smallest absolute Gasteiger partial charge is 0.112 e. The monoisotopic (exact) mass is 347 g/mol. The largest absolute Gasteiger partial charge is 0.360 e. The number of nitrogens with zero attached hydrogens (tertiary/aromatic N) is 3. The van der Waals surface area contributed by atoms with E-state index in [1.54, 1.807) is 0 Å². The van der Waals surface area contributed by atoms with Gasteiger partial charge in [-0.15, -0.1) is 0 Å². The molecule has 5 nitrogen and oxygen atoms in total. The van der Waals surface area contributed by atoms with Crippen molar-refractivity contribution in [1.29, 1.82) is 0 Å². The molecule has 0 aliphatic rings. The number of rotatable bonds is 3. The summed E-state index contributed by atoms with van der Waals surface area (Å²) in [7, 11) is 0. The normalized spacial score (nSPS) is 13.0. The van der Waals surface area contributed by atoms with Gasteiger partial charge in [-0.2, -0.15) is 5.10 Å². The quantitative estimate of drug-likeness (QED) is 0.566. The second kappa shape index (κ2) is 5.66. The van der Waals surface area contributed by atoms with Crippen LogP contribution in [0.5, 0.6) is 0 Å². The maximum atomic E-state index is 4.72. The van der Waals surface area contributed by atoms with Crippen LogP contribution in [0.15, 0.2) is 36.8 Å². The zero-order valence-electron chi connectivity index (χ0n) is 16.0. The molecule has 4 rings (SSSR count). The van der Waals surface area contributed by atoms with Gasteiger partial charge in [0.15, 0.2) is 0 Å². The van der Waals surface area contributed by atoms with E-state index >= 15 is 0 Å². The Bertz CT molecular complexity index is 1080. The van der Waals surface area contributed by atoms with Crippen LogP contribution in [-0.4, -0.2) is 25.1 Å². The van der Waals surface area contributed by atoms with Crippen LogP contribution in [0, 0.1) is 0 Å². The third kappa shape index (κ3) is 2.77. The lowest BCUT2D eigenvalue weighted by molar-refractivity contribution is 0.525. The molecule has 0 bridgehead atoms. The van der Waals surface area contributed by atoms with Crippen molar-refractivity contribution in [3.8, 4) is 0 Å². The molecule has 0 aliphatic heterocycles. The Balaban J connectivity index is 1.70. The molecule has 4 aromatic heterocycles. The van der Waals surface area contributed by atoms with Gasteiger partial charge >= 0.3 is 0 Å². The molecule has 5 heteroatoms. The summed E-state index contributed by atoms with van der Waals surface area (Å²) in [5.74, 6) is 0. The first kappa shape index (κ1) is 16.8. The average Bonchev–Trinajstić information content (AvgIpc) is 3.18. The van der Waals surface area contributed by atoms with Crippen molar-refractivity contribution in [2.45, 2.75) is 51.9 Å². The lowest BCUT2D eigenvalue weighted by atomic mass is 9.80. The molecule has 134 valence electrons. The lowest BCUT2D eigenvalue weighted by Crippen LogP contribution is -2.20. The summed E-state index contributed by atoms with van der Waals surface area (Å²) in [4.78, 5) is 12.6. The van der Waals surface area contributed by atoms with Crippen LogP contribution in [0.2, 0.25) is 0 Å². The highest BCUT2D eigenvalue weighted by atomic mass is 15.1. The molecule has 0 unspecified atom stereocenters. The van der Waals surface area contributed by atoms with Crippen molar-refractivity contribution in [1.82, 2.24) is 25.1 Å². The number of nitrogens with one attached hydrogen (secondary N) is 2.